The number of carbonyl (C=O) groups excluding carboxylic acids is 2. The van der Waals surface area contributed by atoms with Crippen LogP contribution >= 0.6 is 0 Å². The largest absolute Gasteiger partial charge is 0.359 e. The van der Waals surface area contributed by atoms with Crippen molar-refractivity contribution in [2.75, 3.05) is 45.2 Å². The maximum absolute atomic E-state index is 12.6. The van der Waals surface area contributed by atoms with Crippen molar-refractivity contribution in [3.8, 4) is 0 Å². The molecule has 0 saturated carbocycles. The van der Waals surface area contributed by atoms with E-state index >= 15 is 0 Å². The minimum atomic E-state index is -0.219. The highest BCUT2D eigenvalue weighted by molar-refractivity contribution is 5.95. The topological polar surface area (TPSA) is 77.6 Å². The first-order chi connectivity index (χ1) is 11.6. The second-order valence-corrected chi connectivity index (χ2v) is 6.62. The van der Waals surface area contributed by atoms with Gasteiger partial charge in [-0.2, -0.15) is 0 Å². The zero-order valence-electron chi connectivity index (χ0n) is 14.3. The number of hydrogen-bond donors (Lipinski definition) is 2. The fraction of sp³-hybridized carbons (Fsp3) is 0.588. The van der Waals surface area contributed by atoms with Crippen LogP contribution in [0.5, 0.6) is 0 Å². The molecule has 2 atom stereocenters. The number of carbonyl (C=O) groups is 2. The molecule has 0 aromatic carbocycles. The van der Waals surface area contributed by atoms with E-state index in [0.717, 1.165) is 18.9 Å². The molecule has 1 aromatic rings. The van der Waals surface area contributed by atoms with Crippen LogP contribution in [0.25, 0.3) is 0 Å². The molecule has 3 heterocycles. The van der Waals surface area contributed by atoms with Gasteiger partial charge in [0.15, 0.2) is 0 Å². The fourth-order valence-electron chi connectivity index (χ4n) is 3.53. The number of likely N-dealkylation sites (tertiary alicyclic amines) is 1. The summed E-state index contributed by atoms with van der Waals surface area (Å²) in [5.41, 5.74) is 0.595. The molecule has 24 heavy (non-hydrogen) atoms. The summed E-state index contributed by atoms with van der Waals surface area (Å²) in [5, 5.41) is 5.70. The Morgan fingerprint density at radius 3 is 2.71 bits per heavy atom. The molecule has 2 fully saturated rings. The van der Waals surface area contributed by atoms with E-state index in [2.05, 4.69) is 25.4 Å². The monoisotopic (exact) mass is 331 g/mol. The molecule has 7 heteroatoms. The van der Waals surface area contributed by atoms with Crippen LogP contribution in [0.4, 0.5) is 5.82 Å². The summed E-state index contributed by atoms with van der Waals surface area (Å²) >= 11 is 0. The highest BCUT2D eigenvalue weighted by Gasteiger charge is 2.36. The van der Waals surface area contributed by atoms with Gasteiger partial charge in [-0.05, 0) is 32.0 Å². The number of nitrogens with zero attached hydrogens (tertiary/aromatic N) is 3. The van der Waals surface area contributed by atoms with E-state index in [9.17, 15) is 9.59 Å². The lowest BCUT2D eigenvalue weighted by atomic mass is 10.0. The molecule has 0 aliphatic carbocycles. The number of amides is 2. The van der Waals surface area contributed by atoms with Crippen molar-refractivity contribution >= 4 is 17.6 Å². The second-order valence-electron chi connectivity index (χ2n) is 6.62. The van der Waals surface area contributed by atoms with Crippen LogP contribution in [-0.2, 0) is 4.79 Å². The maximum atomic E-state index is 12.6. The van der Waals surface area contributed by atoms with Gasteiger partial charge >= 0.3 is 0 Å². The molecule has 3 rings (SSSR count). The van der Waals surface area contributed by atoms with Gasteiger partial charge < -0.3 is 20.4 Å². The van der Waals surface area contributed by atoms with Crippen molar-refractivity contribution in [2.45, 2.75) is 18.9 Å². The standard InChI is InChI=1S/C17H25N5O2/c1-18-17(24)13-10-21(2)11-14(13)20-16(23)12-5-6-19-15(9-12)22-7-3-4-8-22/h5-6,9,13-14H,3-4,7-8,10-11H2,1-2H3,(H,18,24)(H,20,23)/t13-,14+/m1/s1. The molecule has 0 spiro atoms. The summed E-state index contributed by atoms with van der Waals surface area (Å²) in [6.45, 7) is 3.31. The van der Waals surface area contributed by atoms with Gasteiger partial charge in [-0.15, -0.1) is 0 Å². The molecule has 2 amide bonds. The third kappa shape index (κ3) is 3.51. The number of nitrogens with one attached hydrogen (secondary N) is 2. The minimum Gasteiger partial charge on any atom is -0.359 e. The number of aromatic nitrogens is 1. The van der Waals surface area contributed by atoms with Gasteiger partial charge in [0.05, 0.1) is 12.0 Å². The number of likely N-dealkylation sites (N-methyl/N-ethyl adjacent to an activating group) is 1. The van der Waals surface area contributed by atoms with Crippen molar-refractivity contribution in [3.05, 3.63) is 23.9 Å². The first-order valence-electron chi connectivity index (χ1n) is 8.50. The van der Waals surface area contributed by atoms with Gasteiger partial charge in [-0.1, -0.05) is 0 Å². The van der Waals surface area contributed by atoms with Crippen LogP contribution in [0.15, 0.2) is 18.3 Å². The third-order valence-electron chi connectivity index (χ3n) is 4.84. The van der Waals surface area contributed by atoms with Crippen molar-refractivity contribution in [3.63, 3.8) is 0 Å². The van der Waals surface area contributed by atoms with Gasteiger partial charge in [-0.25, -0.2) is 4.98 Å². The van der Waals surface area contributed by atoms with Crippen LogP contribution in [0, 0.1) is 5.92 Å². The van der Waals surface area contributed by atoms with Crippen LogP contribution < -0.4 is 15.5 Å². The second kappa shape index (κ2) is 7.17. The summed E-state index contributed by atoms with van der Waals surface area (Å²) in [6.07, 6.45) is 4.01. The van der Waals surface area contributed by atoms with Gasteiger partial charge in [0, 0.05) is 45.0 Å². The van der Waals surface area contributed by atoms with Gasteiger partial charge in [0.25, 0.3) is 5.91 Å². The average molecular weight is 331 g/mol. The summed E-state index contributed by atoms with van der Waals surface area (Å²) in [6, 6.07) is 3.39. The van der Waals surface area contributed by atoms with E-state index in [1.807, 2.05) is 13.1 Å². The molecular formula is C17H25N5O2. The third-order valence-corrected chi connectivity index (χ3v) is 4.84. The first-order valence-corrected chi connectivity index (χ1v) is 8.50. The van der Waals surface area contributed by atoms with E-state index < -0.39 is 0 Å². The van der Waals surface area contributed by atoms with E-state index in [4.69, 9.17) is 0 Å². The molecule has 0 bridgehead atoms. The van der Waals surface area contributed by atoms with Crippen molar-refractivity contribution in [1.82, 2.24) is 20.5 Å². The fourth-order valence-corrected chi connectivity index (χ4v) is 3.53. The molecule has 2 aliphatic heterocycles. The Morgan fingerprint density at radius 2 is 2.00 bits per heavy atom. The molecule has 2 saturated heterocycles. The van der Waals surface area contributed by atoms with Crippen molar-refractivity contribution in [2.24, 2.45) is 5.92 Å². The lowest BCUT2D eigenvalue weighted by Gasteiger charge is -2.20. The summed E-state index contributed by atoms with van der Waals surface area (Å²) in [5.74, 6) is 0.458. The van der Waals surface area contributed by atoms with Crippen LogP contribution in [0.3, 0.4) is 0 Å². The first kappa shape index (κ1) is 16.7. The minimum absolute atomic E-state index is 0.0304. The number of rotatable bonds is 4. The zero-order valence-corrected chi connectivity index (χ0v) is 14.3. The molecule has 1 aromatic heterocycles. The average Bonchev–Trinajstić information content (AvgIpc) is 3.24. The van der Waals surface area contributed by atoms with Crippen LogP contribution in [0.2, 0.25) is 0 Å². The van der Waals surface area contributed by atoms with Gasteiger partial charge in [0.1, 0.15) is 5.82 Å². The Bertz CT molecular complexity index is 615. The highest BCUT2D eigenvalue weighted by atomic mass is 16.2. The molecule has 0 radical (unpaired) electrons. The Balaban J connectivity index is 1.70. The van der Waals surface area contributed by atoms with Gasteiger partial charge in [-0.3, -0.25) is 9.59 Å². The Labute approximate surface area is 142 Å². The molecule has 7 nitrogen and oxygen atoms in total. The quantitative estimate of drug-likeness (QED) is 0.817. The molecule has 2 N–H and O–H groups in total. The normalized spacial score (nSPS) is 24.2. The summed E-state index contributed by atoms with van der Waals surface area (Å²) in [4.78, 5) is 33.3. The smallest absolute Gasteiger partial charge is 0.251 e. The van der Waals surface area contributed by atoms with Crippen molar-refractivity contribution < 1.29 is 9.59 Å². The van der Waals surface area contributed by atoms with E-state index in [0.29, 0.717) is 18.7 Å². The molecule has 2 aliphatic rings. The Morgan fingerprint density at radius 1 is 1.25 bits per heavy atom. The lowest BCUT2D eigenvalue weighted by molar-refractivity contribution is -0.124. The zero-order chi connectivity index (χ0) is 17.1. The lowest BCUT2D eigenvalue weighted by Crippen LogP contribution is -2.45. The van der Waals surface area contributed by atoms with Gasteiger partial charge in [0.2, 0.25) is 5.91 Å². The predicted molar refractivity (Wildman–Crippen MR) is 92.0 cm³/mol. The molecule has 0 unspecified atom stereocenters. The SMILES string of the molecule is CNC(=O)[C@@H]1CN(C)C[C@@H]1NC(=O)c1ccnc(N2CCCC2)c1. The maximum Gasteiger partial charge on any atom is 0.251 e. The van der Waals surface area contributed by atoms with Crippen LogP contribution in [-0.4, -0.2) is 68.0 Å². The molecule has 130 valence electrons. The Kier molecular flexibility index (Phi) is 4.99. The van der Waals surface area contributed by atoms with Crippen molar-refractivity contribution in [1.29, 1.82) is 0 Å². The number of hydrogen-bond acceptors (Lipinski definition) is 5. The van der Waals surface area contributed by atoms with E-state index in [1.54, 1.807) is 19.3 Å². The van der Waals surface area contributed by atoms with E-state index in [1.165, 1.54) is 12.8 Å². The summed E-state index contributed by atoms with van der Waals surface area (Å²) in [7, 11) is 3.59. The number of pyridine rings is 1. The summed E-state index contributed by atoms with van der Waals surface area (Å²) < 4.78 is 0. The molecular weight excluding hydrogens is 306 g/mol. The van der Waals surface area contributed by atoms with Crippen LogP contribution in [0.1, 0.15) is 23.2 Å². The van der Waals surface area contributed by atoms with E-state index in [-0.39, 0.29) is 23.8 Å². The Hall–Kier alpha value is -2.15. The highest BCUT2D eigenvalue weighted by Crippen LogP contribution is 2.20. The predicted octanol–water partition coefficient (Wildman–Crippen LogP) is 0.0878. The number of anilines is 1.